The lowest BCUT2D eigenvalue weighted by molar-refractivity contribution is -0.137. The number of carbonyl (C=O) groups is 1. The Kier molecular flexibility index (Phi) is 9.93. The highest BCUT2D eigenvalue weighted by Gasteiger charge is 2.09. The second kappa shape index (κ2) is 12.8. The van der Waals surface area contributed by atoms with Gasteiger partial charge in [0.2, 0.25) is 0 Å². The Hall–Kier alpha value is -2.43. The molecule has 0 radical (unpaired) electrons. The number of carboxylic acid groups (broad SMARTS) is 1. The fraction of sp³-hybridized carbons (Fsp3) is 0.500. The molecule has 2 aromatic heterocycles. The Labute approximate surface area is 162 Å². The van der Waals surface area contributed by atoms with Crippen molar-refractivity contribution < 1.29 is 9.90 Å². The molecule has 0 aliphatic rings. The zero-order valence-corrected chi connectivity index (χ0v) is 16.1. The fourth-order valence-corrected chi connectivity index (χ4v) is 3.19. The fourth-order valence-electron chi connectivity index (χ4n) is 3.19. The molecule has 2 rings (SSSR count). The normalized spacial score (nSPS) is 10.7. The highest BCUT2D eigenvalue weighted by Crippen LogP contribution is 2.23. The molecule has 146 valence electrons. The van der Waals surface area contributed by atoms with Gasteiger partial charge in [-0.15, -0.1) is 0 Å². The standard InChI is InChI=1S/C22H31N3O2/c26-22(27)15-8-6-4-2-1-3-5-7-11-18-25(20-13-12-16-23-19-20)21-14-9-10-17-24-21/h9-10,12-14,16-17,19H,1-8,11,15,18H2,(H,26,27). The van der Waals surface area contributed by atoms with E-state index in [9.17, 15) is 4.79 Å². The highest BCUT2D eigenvalue weighted by atomic mass is 16.4. The predicted molar refractivity (Wildman–Crippen MR) is 109 cm³/mol. The second-order valence-corrected chi connectivity index (χ2v) is 6.88. The molecular formula is C22H31N3O2. The summed E-state index contributed by atoms with van der Waals surface area (Å²) in [5.74, 6) is 0.285. The van der Waals surface area contributed by atoms with Gasteiger partial charge in [-0.2, -0.15) is 0 Å². The zero-order chi connectivity index (χ0) is 19.2. The van der Waals surface area contributed by atoms with Gasteiger partial charge in [-0.25, -0.2) is 4.98 Å². The Balaban J connectivity index is 1.62. The summed E-state index contributed by atoms with van der Waals surface area (Å²) in [5.41, 5.74) is 1.08. The quantitative estimate of drug-likeness (QED) is 0.439. The number of nitrogens with zero attached hydrogens (tertiary/aromatic N) is 3. The molecule has 0 saturated carbocycles. The molecule has 0 fully saturated rings. The molecule has 5 heteroatoms. The van der Waals surface area contributed by atoms with Crippen molar-refractivity contribution in [3.63, 3.8) is 0 Å². The maximum Gasteiger partial charge on any atom is 0.303 e. The summed E-state index contributed by atoms with van der Waals surface area (Å²) in [7, 11) is 0. The van der Waals surface area contributed by atoms with Gasteiger partial charge in [0, 0.05) is 25.4 Å². The Morgan fingerprint density at radius 1 is 0.852 bits per heavy atom. The molecule has 0 aromatic carbocycles. The summed E-state index contributed by atoms with van der Waals surface area (Å²) in [5, 5.41) is 8.61. The third kappa shape index (κ3) is 8.67. The molecule has 0 saturated heterocycles. The summed E-state index contributed by atoms with van der Waals surface area (Å²) in [6, 6.07) is 10.0. The Bertz CT molecular complexity index is 595. The lowest BCUT2D eigenvalue weighted by atomic mass is 10.1. The molecule has 0 atom stereocenters. The van der Waals surface area contributed by atoms with Crippen LogP contribution in [-0.2, 0) is 4.79 Å². The number of anilines is 2. The first-order valence-electron chi connectivity index (χ1n) is 10.1. The Morgan fingerprint density at radius 3 is 2.15 bits per heavy atom. The topological polar surface area (TPSA) is 66.3 Å². The molecule has 0 aliphatic heterocycles. The van der Waals surface area contributed by atoms with Crippen LogP contribution in [0.15, 0.2) is 48.9 Å². The van der Waals surface area contributed by atoms with Crippen molar-refractivity contribution >= 4 is 17.5 Å². The number of hydrogen-bond donors (Lipinski definition) is 1. The van der Waals surface area contributed by atoms with Crippen LogP contribution in [0.2, 0.25) is 0 Å². The van der Waals surface area contributed by atoms with Crippen LogP contribution in [0.1, 0.15) is 64.2 Å². The maximum absolute atomic E-state index is 10.5. The molecular weight excluding hydrogens is 338 g/mol. The number of pyridine rings is 2. The van der Waals surface area contributed by atoms with E-state index in [2.05, 4.69) is 20.9 Å². The molecule has 27 heavy (non-hydrogen) atoms. The average Bonchev–Trinajstić information content (AvgIpc) is 2.70. The lowest BCUT2D eigenvalue weighted by Gasteiger charge is -2.23. The van der Waals surface area contributed by atoms with E-state index < -0.39 is 5.97 Å². The number of aliphatic carboxylic acids is 1. The van der Waals surface area contributed by atoms with E-state index in [1.807, 2.05) is 36.7 Å². The van der Waals surface area contributed by atoms with Crippen LogP contribution in [0.4, 0.5) is 11.5 Å². The minimum absolute atomic E-state index is 0.309. The first-order chi connectivity index (χ1) is 13.3. The summed E-state index contributed by atoms with van der Waals surface area (Å²) in [6.07, 6.45) is 16.1. The van der Waals surface area contributed by atoms with E-state index in [0.29, 0.717) is 6.42 Å². The lowest BCUT2D eigenvalue weighted by Crippen LogP contribution is -2.19. The van der Waals surface area contributed by atoms with Gasteiger partial charge in [0.05, 0.1) is 11.9 Å². The van der Waals surface area contributed by atoms with Crippen LogP contribution in [0.5, 0.6) is 0 Å². The van der Waals surface area contributed by atoms with Gasteiger partial charge < -0.3 is 10.0 Å². The van der Waals surface area contributed by atoms with Crippen LogP contribution in [0.3, 0.4) is 0 Å². The minimum Gasteiger partial charge on any atom is -0.481 e. The molecule has 0 spiro atoms. The van der Waals surface area contributed by atoms with Crippen molar-refractivity contribution in [3.05, 3.63) is 48.9 Å². The van der Waals surface area contributed by atoms with E-state index in [1.54, 1.807) is 6.20 Å². The average molecular weight is 370 g/mol. The molecule has 0 aliphatic carbocycles. The van der Waals surface area contributed by atoms with E-state index in [1.165, 1.54) is 32.1 Å². The van der Waals surface area contributed by atoms with E-state index in [0.717, 1.165) is 43.7 Å². The second-order valence-electron chi connectivity index (χ2n) is 6.88. The molecule has 0 unspecified atom stereocenters. The third-order valence-corrected chi connectivity index (χ3v) is 4.66. The van der Waals surface area contributed by atoms with Crippen molar-refractivity contribution in [1.82, 2.24) is 9.97 Å². The summed E-state index contributed by atoms with van der Waals surface area (Å²) < 4.78 is 0. The predicted octanol–water partition coefficient (Wildman–Crippen LogP) is 5.60. The van der Waals surface area contributed by atoms with Gasteiger partial charge in [0.15, 0.2) is 0 Å². The van der Waals surface area contributed by atoms with E-state index in [-0.39, 0.29) is 0 Å². The largest absolute Gasteiger partial charge is 0.481 e. The molecule has 0 amide bonds. The molecule has 2 aromatic rings. The van der Waals surface area contributed by atoms with Crippen molar-refractivity contribution in [3.8, 4) is 0 Å². The van der Waals surface area contributed by atoms with Crippen LogP contribution in [0, 0.1) is 0 Å². The number of hydrogen-bond acceptors (Lipinski definition) is 4. The maximum atomic E-state index is 10.5. The van der Waals surface area contributed by atoms with Gasteiger partial charge in [-0.1, -0.05) is 51.0 Å². The van der Waals surface area contributed by atoms with Crippen LogP contribution >= 0.6 is 0 Å². The molecule has 1 N–H and O–H groups in total. The molecule has 0 bridgehead atoms. The van der Waals surface area contributed by atoms with Crippen molar-refractivity contribution in [2.45, 2.75) is 64.2 Å². The third-order valence-electron chi connectivity index (χ3n) is 4.66. The highest BCUT2D eigenvalue weighted by molar-refractivity contribution is 5.66. The Morgan fingerprint density at radius 2 is 1.56 bits per heavy atom. The minimum atomic E-state index is -0.680. The van der Waals surface area contributed by atoms with Crippen molar-refractivity contribution in [2.75, 3.05) is 11.4 Å². The first-order valence-corrected chi connectivity index (χ1v) is 10.1. The summed E-state index contributed by atoms with van der Waals surface area (Å²) >= 11 is 0. The van der Waals surface area contributed by atoms with Gasteiger partial charge >= 0.3 is 5.97 Å². The van der Waals surface area contributed by atoms with Gasteiger partial charge in [0.25, 0.3) is 0 Å². The van der Waals surface area contributed by atoms with E-state index in [4.69, 9.17) is 5.11 Å². The summed E-state index contributed by atoms with van der Waals surface area (Å²) in [4.78, 5) is 21.4. The number of rotatable bonds is 14. The van der Waals surface area contributed by atoms with Crippen LogP contribution < -0.4 is 4.90 Å². The first kappa shape index (κ1) is 20.9. The van der Waals surface area contributed by atoms with Crippen molar-refractivity contribution in [2.24, 2.45) is 0 Å². The zero-order valence-electron chi connectivity index (χ0n) is 16.1. The summed E-state index contributed by atoms with van der Waals surface area (Å²) in [6.45, 7) is 0.942. The van der Waals surface area contributed by atoms with Crippen LogP contribution in [0.25, 0.3) is 0 Å². The van der Waals surface area contributed by atoms with Crippen molar-refractivity contribution in [1.29, 1.82) is 0 Å². The number of unbranched alkanes of at least 4 members (excludes halogenated alkanes) is 8. The van der Waals surface area contributed by atoms with E-state index >= 15 is 0 Å². The number of aromatic nitrogens is 2. The monoisotopic (exact) mass is 369 g/mol. The SMILES string of the molecule is O=C(O)CCCCCCCCCCCN(c1cccnc1)c1ccccn1. The number of carboxylic acids is 1. The molecule has 2 heterocycles. The van der Waals surface area contributed by atoms with Gasteiger partial charge in [-0.05, 0) is 37.1 Å². The van der Waals surface area contributed by atoms with Crippen LogP contribution in [-0.4, -0.2) is 27.6 Å². The molecule has 5 nitrogen and oxygen atoms in total. The smallest absolute Gasteiger partial charge is 0.303 e. The van der Waals surface area contributed by atoms with Gasteiger partial charge in [-0.3, -0.25) is 9.78 Å². The van der Waals surface area contributed by atoms with Gasteiger partial charge in [0.1, 0.15) is 5.82 Å².